The Labute approximate surface area is 223 Å². The second-order valence-corrected chi connectivity index (χ2v) is 10.9. The van der Waals surface area contributed by atoms with Crippen LogP contribution in [0.2, 0.25) is 0 Å². The van der Waals surface area contributed by atoms with Gasteiger partial charge in [0.05, 0.1) is 6.04 Å². The van der Waals surface area contributed by atoms with E-state index in [1.54, 1.807) is 0 Å². The molecule has 38 heavy (non-hydrogen) atoms. The van der Waals surface area contributed by atoms with Crippen LogP contribution >= 0.6 is 0 Å². The van der Waals surface area contributed by atoms with Crippen LogP contribution in [-0.4, -0.2) is 56.3 Å². The number of fused-ring (bicyclic) bond motifs is 1. The molecule has 0 spiro atoms. The van der Waals surface area contributed by atoms with Gasteiger partial charge in [-0.3, -0.25) is 9.69 Å². The molecule has 0 bridgehead atoms. The summed E-state index contributed by atoms with van der Waals surface area (Å²) in [5.74, 6) is 0.786. The fourth-order valence-corrected chi connectivity index (χ4v) is 6.28. The molecule has 1 saturated carbocycles. The van der Waals surface area contributed by atoms with Crippen LogP contribution in [-0.2, 0) is 6.42 Å². The molecule has 1 N–H and O–H groups in total. The third-order valence-electron chi connectivity index (χ3n) is 8.67. The van der Waals surface area contributed by atoms with Crippen LogP contribution in [0.25, 0.3) is 10.9 Å². The van der Waals surface area contributed by atoms with Gasteiger partial charge in [0, 0.05) is 42.9 Å². The third kappa shape index (κ3) is 4.51. The standard InChI is InChI=1S/C30H37N7O/c1-4-22-12-13-26-23(18-22)19-25(30(38)31-26)28(29-32-33-34-37(29)24-9-5-6-10-24)36-16-14-35(15-17-36)27-11-7-8-20(2)21(27)3/h7-8,11-13,18-19,24,28H,4-6,9-10,14-17H2,1-3H3,(H,31,38)/t28-/m0/s1. The largest absolute Gasteiger partial charge is 0.369 e. The Morgan fingerprint density at radius 3 is 2.58 bits per heavy atom. The number of pyridine rings is 1. The van der Waals surface area contributed by atoms with E-state index in [9.17, 15) is 4.79 Å². The summed E-state index contributed by atoms with van der Waals surface area (Å²) in [5, 5.41) is 14.2. The minimum absolute atomic E-state index is 0.0651. The average Bonchev–Trinajstić information content (AvgIpc) is 3.63. The van der Waals surface area contributed by atoms with Gasteiger partial charge in [-0.1, -0.05) is 38.0 Å². The maximum absolute atomic E-state index is 13.6. The summed E-state index contributed by atoms with van der Waals surface area (Å²) in [5.41, 5.74) is 6.72. The van der Waals surface area contributed by atoms with Gasteiger partial charge in [-0.2, -0.15) is 0 Å². The highest BCUT2D eigenvalue weighted by Gasteiger charge is 2.35. The molecule has 0 amide bonds. The topological polar surface area (TPSA) is 82.9 Å². The van der Waals surface area contributed by atoms with Gasteiger partial charge in [0.2, 0.25) is 0 Å². The zero-order valence-electron chi connectivity index (χ0n) is 22.7. The number of hydrogen-bond donors (Lipinski definition) is 1. The van der Waals surface area contributed by atoms with E-state index in [0.29, 0.717) is 6.04 Å². The first-order chi connectivity index (χ1) is 18.5. The molecule has 198 valence electrons. The van der Waals surface area contributed by atoms with Gasteiger partial charge in [-0.05, 0) is 89.9 Å². The predicted octanol–water partition coefficient (Wildman–Crippen LogP) is 4.72. The van der Waals surface area contributed by atoms with Crippen molar-refractivity contribution < 1.29 is 0 Å². The summed E-state index contributed by atoms with van der Waals surface area (Å²) in [7, 11) is 0. The van der Waals surface area contributed by atoms with Crippen molar-refractivity contribution >= 4 is 16.6 Å². The number of piperazine rings is 1. The van der Waals surface area contributed by atoms with Crippen LogP contribution in [0.3, 0.4) is 0 Å². The number of benzene rings is 2. The van der Waals surface area contributed by atoms with Gasteiger partial charge in [-0.15, -0.1) is 5.10 Å². The monoisotopic (exact) mass is 511 g/mol. The predicted molar refractivity (Wildman–Crippen MR) is 151 cm³/mol. The molecule has 3 heterocycles. The second kappa shape index (κ2) is 10.3. The minimum Gasteiger partial charge on any atom is -0.369 e. The van der Waals surface area contributed by atoms with Gasteiger partial charge in [0.1, 0.15) is 6.04 Å². The minimum atomic E-state index is -0.301. The zero-order chi connectivity index (χ0) is 26.2. The number of tetrazole rings is 1. The number of aromatic nitrogens is 5. The first kappa shape index (κ1) is 24.8. The van der Waals surface area contributed by atoms with Gasteiger partial charge >= 0.3 is 0 Å². The summed E-state index contributed by atoms with van der Waals surface area (Å²) < 4.78 is 2.01. The third-order valence-corrected chi connectivity index (χ3v) is 8.67. The van der Waals surface area contributed by atoms with Crippen molar-refractivity contribution in [1.29, 1.82) is 0 Å². The van der Waals surface area contributed by atoms with Gasteiger partial charge in [-0.25, -0.2) is 4.68 Å². The summed E-state index contributed by atoms with van der Waals surface area (Å²) in [6, 6.07) is 14.9. The molecule has 0 unspecified atom stereocenters. The molecular formula is C30H37N7O. The Morgan fingerprint density at radius 1 is 1.03 bits per heavy atom. The van der Waals surface area contributed by atoms with Crippen molar-refractivity contribution in [3.05, 3.63) is 80.9 Å². The quantitative estimate of drug-likeness (QED) is 0.403. The lowest BCUT2D eigenvalue weighted by Crippen LogP contribution is -2.49. The fraction of sp³-hybridized carbons (Fsp3) is 0.467. The molecule has 1 saturated heterocycles. The van der Waals surface area contributed by atoms with Crippen LogP contribution in [0, 0.1) is 13.8 Å². The van der Waals surface area contributed by atoms with Crippen LogP contribution in [0.1, 0.15) is 72.8 Å². The molecule has 2 aromatic carbocycles. The van der Waals surface area contributed by atoms with Crippen molar-refractivity contribution in [3.63, 3.8) is 0 Å². The Morgan fingerprint density at radius 2 is 1.82 bits per heavy atom. The summed E-state index contributed by atoms with van der Waals surface area (Å²) in [4.78, 5) is 21.6. The highest BCUT2D eigenvalue weighted by atomic mass is 16.1. The number of aromatic amines is 1. The molecule has 8 heteroatoms. The molecule has 1 aliphatic carbocycles. The average molecular weight is 512 g/mol. The van der Waals surface area contributed by atoms with Crippen LogP contribution in [0.5, 0.6) is 0 Å². The van der Waals surface area contributed by atoms with E-state index in [1.165, 1.54) is 35.2 Å². The van der Waals surface area contributed by atoms with Crippen molar-refractivity contribution in [2.75, 3.05) is 31.1 Å². The molecule has 8 nitrogen and oxygen atoms in total. The van der Waals surface area contributed by atoms with Crippen molar-refractivity contribution in [2.24, 2.45) is 0 Å². The Bertz CT molecular complexity index is 1490. The smallest absolute Gasteiger partial charge is 0.253 e. The SMILES string of the molecule is CCc1ccc2[nH]c(=O)c([C@@H](c3nnnn3C3CCCC3)N3CCN(c4cccc(C)c4C)CC3)cc2c1. The summed E-state index contributed by atoms with van der Waals surface area (Å²) >= 11 is 0. The lowest BCUT2D eigenvalue weighted by molar-refractivity contribution is 0.196. The highest BCUT2D eigenvalue weighted by Crippen LogP contribution is 2.35. The van der Waals surface area contributed by atoms with Crippen molar-refractivity contribution in [1.82, 2.24) is 30.1 Å². The number of nitrogens with one attached hydrogen (secondary N) is 1. The zero-order valence-corrected chi connectivity index (χ0v) is 22.7. The molecule has 6 rings (SSSR count). The van der Waals surface area contributed by atoms with E-state index in [-0.39, 0.29) is 11.6 Å². The van der Waals surface area contributed by atoms with Gasteiger partial charge in [0.15, 0.2) is 5.82 Å². The fourth-order valence-electron chi connectivity index (χ4n) is 6.28. The maximum atomic E-state index is 13.6. The number of H-pyrrole nitrogens is 1. The number of rotatable bonds is 6. The molecule has 1 atom stereocenters. The Balaban J connectivity index is 1.39. The normalized spacial score (nSPS) is 17.9. The lowest BCUT2D eigenvalue weighted by atomic mass is 10.0. The lowest BCUT2D eigenvalue weighted by Gasteiger charge is -2.40. The molecule has 4 aromatic rings. The van der Waals surface area contributed by atoms with E-state index in [0.717, 1.165) is 67.7 Å². The van der Waals surface area contributed by atoms with E-state index in [1.807, 2.05) is 10.7 Å². The summed E-state index contributed by atoms with van der Waals surface area (Å²) in [6.07, 6.45) is 5.51. The molecule has 0 radical (unpaired) electrons. The van der Waals surface area contributed by atoms with E-state index in [4.69, 9.17) is 0 Å². The molecule has 2 fully saturated rings. The second-order valence-electron chi connectivity index (χ2n) is 10.9. The van der Waals surface area contributed by atoms with E-state index >= 15 is 0 Å². The number of anilines is 1. The van der Waals surface area contributed by atoms with E-state index < -0.39 is 0 Å². The van der Waals surface area contributed by atoms with Gasteiger partial charge in [0.25, 0.3) is 5.56 Å². The maximum Gasteiger partial charge on any atom is 0.253 e. The summed E-state index contributed by atoms with van der Waals surface area (Å²) in [6.45, 7) is 9.94. The Hall–Kier alpha value is -3.52. The van der Waals surface area contributed by atoms with Crippen molar-refractivity contribution in [3.8, 4) is 0 Å². The van der Waals surface area contributed by atoms with Crippen molar-refractivity contribution in [2.45, 2.75) is 65.0 Å². The first-order valence-corrected chi connectivity index (χ1v) is 14.0. The number of aryl methyl sites for hydroxylation is 2. The molecular weight excluding hydrogens is 474 g/mol. The molecule has 2 aromatic heterocycles. The van der Waals surface area contributed by atoms with Crippen LogP contribution in [0.15, 0.2) is 47.3 Å². The van der Waals surface area contributed by atoms with Gasteiger partial charge < -0.3 is 9.88 Å². The highest BCUT2D eigenvalue weighted by molar-refractivity contribution is 5.80. The first-order valence-electron chi connectivity index (χ1n) is 14.0. The van der Waals surface area contributed by atoms with Crippen LogP contribution < -0.4 is 10.5 Å². The number of hydrogen-bond acceptors (Lipinski definition) is 6. The molecule has 1 aliphatic heterocycles. The van der Waals surface area contributed by atoms with Crippen LogP contribution in [0.4, 0.5) is 5.69 Å². The molecule has 2 aliphatic rings. The Kier molecular flexibility index (Phi) is 6.74. The number of nitrogens with zero attached hydrogens (tertiary/aromatic N) is 6. The van der Waals surface area contributed by atoms with E-state index in [2.05, 4.69) is 87.5 Å².